The van der Waals surface area contributed by atoms with Crippen molar-refractivity contribution in [2.45, 2.75) is 0 Å². The molecule has 0 saturated heterocycles. The summed E-state index contributed by atoms with van der Waals surface area (Å²) in [6.45, 7) is 0. The zero-order valence-electron chi connectivity index (χ0n) is 8.15. The number of phenols is 1. The highest BCUT2D eigenvalue weighted by Gasteiger charge is 2.03. The van der Waals surface area contributed by atoms with Crippen molar-refractivity contribution >= 4 is 31.9 Å². The molecule has 2 rings (SSSR count). The van der Waals surface area contributed by atoms with Crippen LogP contribution in [0.5, 0.6) is 17.2 Å². The van der Waals surface area contributed by atoms with Crippen LogP contribution in [0.15, 0.2) is 51.4 Å². The van der Waals surface area contributed by atoms with E-state index in [0.717, 1.165) is 14.7 Å². The topological polar surface area (TPSA) is 29.5 Å². The molecule has 16 heavy (non-hydrogen) atoms. The van der Waals surface area contributed by atoms with Gasteiger partial charge >= 0.3 is 0 Å². The molecule has 0 aliphatic carbocycles. The van der Waals surface area contributed by atoms with E-state index in [1.54, 1.807) is 24.3 Å². The van der Waals surface area contributed by atoms with Gasteiger partial charge in [0, 0.05) is 4.47 Å². The molecule has 0 aliphatic heterocycles. The molecule has 0 aromatic heterocycles. The number of halogens is 2. The second-order valence-electron chi connectivity index (χ2n) is 3.17. The summed E-state index contributed by atoms with van der Waals surface area (Å²) in [4.78, 5) is 0. The average molecular weight is 344 g/mol. The summed E-state index contributed by atoms with van der Waals surface area (Å²) in [5.74, 6) is 1.64. The standard InChI is InChI=1S/C12H8Br2O2/c13-8-1-6-12(11(14)7-8)16-10-4-2-9(15)3-5-10/h1-7,15H. The van der Waals surface area contributed by atoms with Gasteiger partial charge in [-0.2, -0.15) is 0 Å². The lowest BCUT2D eigenvalue weighted by atomic mass is 10.3. The Hall–Kier alpha value is -1.000. The predicted molar refractivity (Wildman–Crippen MR) is 70.0 cm³/mol. The molecule has 2 nitrogen and oxygen atoms in total. The van der Waals surface area contributed by atoms with Crippen molar-refractivity contribution in [3.63, 3.8) is 0 Å². The molecule has 1 N–H and O–H groups in total. The number of aromatic hydroxyl groups is 1. The van der Waals surface area contributed by atoms with Crippen LogP contribution in [0.3, 0.4) is 0 Å². The minimum atomic E-state index is 0.224. The van der Waals surface area contributed by atoms with Gasteiger partial charge in [-0.1, -0.05) is 15.9 Å². The molecule has 0 bridgehead atoms. The molecule has 2 aromatic rings. The summed E-state index contributed by atoms with van der Waals surface area (Å²) >= 11 is 6.79. The fourth-order valence-electron chi connectivity index (χ4n) is 1.20. The highest BCUT2D eigenvalue weighted by Crippen LogP contribution is 2.32. The van der Waals surface area contributed by atoms with Crippen LogP contribution in [0.4, 0.5) is 0 Å². The Morgan fingerprint density at radius 2 is 1.62 bits per heavy atom. The van der Waals surface area contributed by atoms with E-state index in [0.29, 0.717) is 5.75 Å². The third-order valence-corrected chi connectivity index (χ3v) is 3.07. The molecule has 0 aliphatic rings. The van der Waals surface area contributed by atoms with E-state index >= 15 is 0 Å². The average Bonchev–Trinajstić information content (AvgIpc) is 2.25. The zero-order valence-corrected chi connectivity index (χ0v) is 11.3. The van der Waals surface area contributed by atoms with E-state index < -0.39 is 0 Å². The van der Waals surface area contributed by atoms with Crippen molar-refractivity contribution in [2.75, 3.05) is 0 Å². The van der Waals surface area contributed by atoms with Crippen molar-refractivity contribution in [1.29, 1.82) is 0 Å². The van der Waals surface area contributed by atoms with Crippen LogP contribution in [0, 0.1) is 0 Å². The summed E-state index contributed by atoms with van der Waals surface area (Å²) in [6.07, 6.45) is 0. The summed E-state index contributed by atoms with van der Waals surface area (Å²) in [6, 6.07) is 12.3. The number of hydrogen-bond donors (Lipinski definition) is 1. The number of rotatable bonds is 2. The first-order chi connectivity index (χ1) is 7.65. The normalized spacial score (nSPS) is 10.1. The Morgan fingerprint density at radius 3 is 2.25 bits per heavy atom. The Balaban J connectivity index is 2.23. The third-order valence-electron chi connectivity index (χ3n) is 1.96. The van der Waals surface area contributed by atoms with Gasteiger partial charge in [0.15, 0.2) is 0 Å². The minimum Gasteiger partial charge on any atom is -0.508 e. The van der Waals surface area contributed by atoms with Crippen LogP contribution in [-0.4, -0.2) is 5.11 Å². The number of ether oxygens (including phenoxy) is 1. The molecule has 0 unspecified atom stereocenters. The van der Waals surface area contributed by atoms with Gasteiger partial charge in [0.05, 0.1) is 4.47 Å². The van der Waals surface area contributed by atoms with Crippen molar-refractivity contribution < 1.29 is 9.84 Å². The lowest BCUT2D eigenvalue weighted by Gasteiger charge is -2.07. The predicted octanol–water partition coefficient (Wildman–Crippen LogP) is 4.71. The largest absolute Gasteiger partial charge is 0.508 e. The van der Waals surface area contributed by atoms with Gasteiger partial charge in [0.25, 0.3) is 0 Å². The molecule has 0 saturated carbocycles. The van der Waals surface area contributed by atoms with Crippen molar-refractivity contribution in [1.82, 2.24) is 0 Å². The number of benzene rings is 2. The van der Waals surface area contributed by atoms with Gasteiger partial charge in [-0.25, -0.2) is 0 Å². The monoisotopic (exact) mass is 342 g/mol. The molecule has 4 heteroatoms. The lowest BCUT2D eigenvalue weighted by Crippen LogP contribution is -1.84. The van der Waals surface area contributed by atoms with Crippen LogP contribution in [0.25, 0.3) is 0 Å². The Labute approximate surface area is 110 Å². The Morgan fingerprint density at radius 1 is 0.938 bits per heavy atom. The zero-order chi connectivity index (χ0) is 11.5. The first-order valence-electron chi connectivity index (χ1n) is 4.57. The van der Waals surface area contributed by atoms with E-state index in [9.17, 15) is 0 Å². The molecule has 0 amide bonds. The Kier molecular flexibility index (Phi) is 3.51. The molecule has 0 atom stereocenters. The fraction of sp³-hybridized carbons (Fsp3) is 0. The van der Waals surface area contributed by atoms with E-state index in [1.165, 1.54) is 0 Å². The van der Waals surface area contributed by atoms with Crippen LogP contribution < -0.4 is 4.74 Å². The van der Waals surface area contributed by atoms with E-state index in [1.807, 2.05) is 18.2 Å². The Bertz CT molecular complexity index is 495. The van der Waals surface area contributed by atoms with Crippen molar-refractivity contribution in [2.24, 2.45) is 0 Å². The quantitative estimate of drug-likeness (QED) is 0.855. The maximum Gasteiger partial charge on any atom is 0.141 e. The maximum atomic E-state index is 9.14. The van der Waals surface area contributed by atoms with Crippen LogP contribution in [-0.2, 0) is 0 Å². The summed E-state index contributed by atoms with van der Waals surface area (Å²) in [5.41, 5.74) is 0. The van der Waals surface area contributed by atoms with Gasteiger partial charge in [0.1, 0.15) is 17.2 Å². The molecule has 2 aromatic carbocycles. The van der Waals surface area contributed by atoms with E-state index in [2.05, 4.69) is 31.9 Å². The molecular formula is C12H8Br2O2. The van der Waals surface area contributed by atoms with Gasteiger partial charge in [-0.15, -0.1) is 0 Å². The smallest absolute Gasteiger partial charge is 0.141 e. The van der Waals surface area contributed by atoms with Crippen molar-refractivity contribution in [3.8, 4) is 17.2 Å². The maximum absolute atomic E-state index is 9.14. The van der Waals surface area contributed by atoms with Gasteiger partial charge in [-0.3, -0.25) is 0 Å². The van der Waals surface area contributed by atoms with Crippen LogP contribution >= 0.6 is 31.9 Å². The first kappa shape index (κ1) is 11.5. The molecule has 0 fully saturated rings. The highest BCUT2D eigenvalue weighted by atomic mass is 79.9. The second-order valence-corrected chi connectivity index (χ2v) is 4.94. The van der Waals surface area contributed by atoms with E-state index in [-0.39, 0.29) is 5.75 Å². The molecule has 0 spiro atoms. The van der Waals surface area contributed by atoms with Crippen LogP contribution in [0.1, 0.15) is 0 Å². The third kappa shape index (κ3) is 2.77. The van der Waals surface area contributed by atoms with Crippen LogP contribution in [0.2, 0.25) is 0 Å². The number of phenolic OH excluding ortho intramolecular Hbond substituents is 1. The second kappa shape index (κ2) is 4.89. The lowest BCUT2D eigenvalue weighted by molar-refractivity contribution is 0.463. The molecule has 0 heterocycles. The van der Waals surface area contributed by atoms with Gasteiger partial charge in [0.2, 0.25) is 0 Å². The molecular weight excluding hydrogens is 336 g/mol. The highest BCUT2D eigenvalue weighted by molar-refractivity contribution is 9.11. The van der Waals surface area contributed by atoms with Crippen molar-refractivity contribution in [3.05, 3.63) is 51.4 Å². The van der Waals surface area contributed by atoms with Gasteiger partial charge in [-0.05, 0) is 58.4 Å². The first-order valence-corrected chi connectivity index (χ1v) is 6.16. The summed E-state index contributed by atoms with van der Waals surface area (Å²) < 4.78 is 7.49. The SMILES string of the molecule is Oc1ccc(Oc2ccc(Br)cc2Br)cc1. The van der Waals surface area contributed by atoms with Gasteiger partial charge < -0.3 is 9.84 Å². The molecule has 0 radical (unpaired) electrons. The summed E-state index contributed by atoms with van der Waals surface area (Å²) in [7, 11) is 0. The fourth-order valence-corrected chi connectivity index (χ4v) is 2.33. The molecule has 82 valence electrons. The number of hydrogen-bond acceptors (Lipinski definition) is 2. The van der Waals surface area contributed by atoms with E-state index in [4.69, 9.17) is 9.84 Å². The minimum absolute atomic E-state index is 0.224. The summed E-state index contributed by atoms with van der Waals surface area (Å²) in [5, 5.41) is 9.14.